The summed E-state index contributed by atoms with van der Waals surface area (Å²) in [6, 6.07) is 10.8. The van der Waals surface area contributed by atoms with E-state index in [-0.39, 0.29) is 18.1 Å². The first-order valence-corrected chi connectivity index (χ1v) is 12.9. The Balaban J connectivity index is 1.99. The number of benzene rings is 1. The van der Waals surface area contributed by atoms with Gasteiger partial charge in [0.1, 0.15) is 6.04 Å². The smallest absolute Gasteiger partial charge is 0.464 e. The Morgan fingerprint density at radius 2 is 1.59 bits per heavy atom. The van der Waals surface area contributed by atoms with Gasteiger partial charge in [-0.25, -0.2) is 0 Å². The molecule has 1 aromatic carbocycles. The van der Waals surface area contributed by atoms with Crippen LogP contribution in [0.1, 0.15) is 58.6 Å². The molecule has 0 spiro atoms. The summed E-state index contributed by atoms with van der Waals surface area (Å²) in [6.07, 6.45) is 2.77. The average molecular weight is 424 g/mol. The van der Waals surface area contributed by atoms with E-state index in [0.29, 0.717) is 26.4 Å². The first kappa shape index (κ1) is 24.0. The van der Waals surface area contributed by atoms with E-state index >= 15 is 0 Å². The Kier molecular flexibility index (Phi) is 10.3. The Labute approximate surface area is 176 Å². The van der Waals surface area contributed by atoms with Gasteiger partial charge in [-0.05, 0) is 45.7 Å². The summed E-state index contributed by atoms with van der Waals surface area (Å²) in [5.74, 6) is -0.116. The molecule has 0 bridgehead atoms. The van der Waals surface area contributed by atoms with Gasteiger partial charge in [0.25, 0.3) is 0 Å². The molecular weight excluding hydrogens is 386 g/mol. The number of hydrogen-bond acceptors (Lipinski definition) is 6. The fraction of sp³-hybridized carbons (Fsp3) is 0.682. The number of unbranched alkanes of at least 4 members (excludes halogenated alkanes) is 1. The summed E-state index contributed by atoms with van der Waals surface area (Å²) in [5, 5.41) is 0. The molecule has 0 amide bonds. The molecule has 3 unspecified atom stereocenters. The second-order valence-corrected chi connectivity index (χ2v) is 9.88. The summed E-state index contributed by atoms with van der Waals surface area (Å²) in [5.41, 5.74) is 1.16. The van der Waals surface area contributed by atoms with Crippen molar-refractivity contribution >= 4 is 14.8 Å². The van der Waals surface area contributed by atoms with Gasteiger partial charge in [-0.1, -0.05) is 43.7 Å². The van der Waals surface area contributed by atoms with Crippen molar-refractivity contribution in [3.05, 3.63) is 35.9 Å². The van der Waals surface area contributed by atoms with Crippen molar-refractivity contribution in [2.45, 2.75) is 65.1 Å². The van der Waals surface area contributed by atoms with Crippen molar-refractivity contribution in [1.82, 2.24) is 4.90 Å². The monoisotopic (exact) mass is 423 g/mol. The number of esters is 1. The summed E-state index contributed by atoms with van der Waals surface area (Å²) < 4.78 is 23.3. The average Bonchev–Trinajstić information content (AvgIpc) is 3.43. The molecule has 6 nitrogen and oxygen atoms in total. The van der Waals surface area contributed by atoms with E-state index in [1.165, 1.54) is 0 Å². The largest absolute Gasteiger partial charge is 0.500 e. The Morgan fingerprint density at radius 3 is 2.14 bits per heavy atom. The van der Waals surface area contributed by atoms with E-state index in [9.17, 15) is 4.79 Å². The lowest BCUT2D eigenvalue weighted by Gasteiger charge is -2.28. The van der Waals surface area contributed by atoms with E-state index in [4.69, 9.17) is 18.0 Å². The fourth-order valence-corrected chi connectivity index (χ4v) is 6.32. The van der Waals surface area contributed by atoms with Crippen LogP contribution in [0.25, 0.3) is 0 Å². The van der Waals surface area contributed by atoms with Crippen LogP contribution in [0, 0.1) is 0 Å². The molecule has 0 saturated carbocycles. The molecule has 1 aromatic rings. The van der Waals surface area contributed by atoms with Crippen LogP contribution in [-0.4, -0.2) is 58.7 Å². The molecule has 164 valence electrons. The van der Waals surface area contributed by atoms with Gasteiger partial charge in [-0.15, -0.1) is 0 Å². The van der Waals surface area contributed by atoms with Crippen LogP contribution in [0.5, 0.6) is 0 Å². The molecule has 7 heteroatoms. The highest BCUT2D eigenvalue weighted by Gasteiger charge is 2.54. The quantitative estimate of drug-likeness (QED) is 0.182. The highest BCUT2D eigenvalue weighted by molar-refractivity contribution is 6.60. The number of nitrogens with zero attached hydrogens (tertiary/aromatic N) is 1. The fourth-order valence-electron chi connectivity index (χ4n) is 3.72. The van der Waals surface area contributed by atoms with Gasteiger partial charge >= 0.3 is 14.8 Å². The van der Waals surface area contributed by atoms with Crippen molar-refractivity contribution in [2.75, 3.05) is 33.0 Å². The second kappa shape index (κ2) is 12.4. The van der Waals surface area contributed by atoms with E-state index in [2.05, 4.69) is 24.0 Å². The molecule has 1 aliphatic rings. The van der Waals surface area contributed by atoms with E-state index in [1.807, 2.05) is 39.0 Å². The molecule has 1 heterocycles. The topological polar surface area (TPSA) is 57.0 Å². The third-order valence-corrected chi connectivity index (χ3v) is 8.19. The second-order valence-electron chi connectivity index (χ2n) is 7.14. The zero-order valence-corrected chi connectivity index (χ0v) is 19.4. The lowest BCUT2D eigenvalue weighted by Crippen LogP contribution is -2.46. The third kappa shape index (κ3) is 6.89. The van der Waals surface area contributed by atoms with Gasteiger partial charge in [0.2, 0.25) is 0 Å². The van der Waals surface area contributed by atoms with Crippen molar-refractivity contribution in [2.24, 2.45) is 0 Å². The molecule has 2 rings (SSSR count). The van der Waals surface area contributed by atoms with Crippen molar-refractivity contribution in [3.8, 4) is 0 Å². The molecular formula is C22H37NO5Si. The maximum atomic E-state index is 12.6. The minimum atomic E-state index is -2.65. The summed E-state index contributed by atoms with van der Waals surface area (Å²) in [6.45, 7) is 11.0. The van der Waals surface area contributed by atoms with Crippen LogP contribution in [0.15, 0.2) is 30.3 Å². The van der Waals surface area contributed by atoms with Gasteiger partial charge < -0.3 is 18.0 Å². The lowest BCUT2D eigenvalue weighted by atomic mass is 10.1. The predicted molar refractivity (Wildman–Crippen MR) is 116 cm³/mol. The highest BCUT2D eigenvalue weighted by atomic mass is 28.4. The molecule has 1 saturated heterocycles. The van der Waals surface area contributed by atoms with E-state index < -0.39 is 8.80 Å². The first-order valence-electron chi connectivity index (χ1n) is 11.0. The molecule has 1 fully saturated rings. The van der Waals surface area contributed by atoms with Crippen LogP contribution in [0.4, 0.5) is 0 Å². The van der Waals surface area contributed by atoms with Gasteiger partial charge in [0.05, 0.1) is 12.6 Å². The van der Waals surface area contributed by atoms with Crippen LogP contribution in [-0.2, 0) is 22.8 Å². The van der Waals surface area contributed by atoms with Crippen molar-refractivity contribution < 1.29 is 22.8 Å². The molecule has 1 aliphatic heterocycles. The maximum Gasteiger partial charge on any atom is 0.500 e. The zero-order valence-electron chi connectivity index (χ0n) is 18.4. The van der Waals surface area contributed by atoms with E-state index in [0.717, 1.165) is 37.4 Å². The molecule has 0 aromatic heterocycles. The van der Waals surface area contributed by atoms with Crippen molar-refractivity contribution in [3.63, 3.8) is 0 Å². The Hall–Kier alpha value is -1.25. The zero-order chi connectivity index (χ0) is 21.1. The predicted octanol–water partition coefficient (Wildman–Crippen LogP) is 4.19. The molecule has 0 N–H and O–H groups in total. The number of carbonyl (C=O) groups excluding carboxylic acids is 1. The van der Waals surface area contributed by atoms with Crippen LogP contribution in [0.2, 0.25) is 6.04 Å². The summed E-state index contributed by atoms with van der Waals surface area (Å²) in [4.78, 5) is 14.8. The normalized spacial score (nSPS) is 21.2. The number of hydrogen-bond donors (Lipinski definition) is 0. The standard InChI is InChI=1S/C22H37NO5Si/c1-5-9-17-25-22(24)21-20(19-14-11-10-12-15-19)23(21)16-13-18-29(26-6-2,27-7-3)28-8-4/h10-12,14-15,20-21H,5-9,13,16-18H2,1-4H3. The van der Waals surface area contributed by atoms with Gasteiger partial charge in [-0.3, -0.25) is 9.69 Å². The van der Waals surface area contributed by atoms with Crippen LogP contribution < -0.4 is 0 Å². The Morgan fingerprint density at radius 1 is 0.966 bits per heavy atom. The lowest BCUT2D eigenvalue weighted by molar-refractivity contribution is -0.144. The summed E-state index contributed by atoms with van der Waals surface area (Å²) in [7, 11) is -2.65. The SMILES string of the molecule is CCCCOC(=O)C1C(c2ccccc2)N1CCC[Si](OCC)(OCC)OCC. The van der Waals surface area contributed by atoms with Gasteiger partial charge in [-0.2, -0.15) is 0 Å². The molecule has 0 radical (unpaired) electrons. The van der Waals surface area contributed by atoms with Crippen molar-refractivity contribution in [1.29, 1.82) is 0 Å². The minimum Gasteiger partial charge on any atom is -0.464 e. The number of ether oxygens (including phenoxy) is 1. The maximum absolute atomic E-state index is 12.6. The minimum absolute atomic E-state index is 0.0904. The van der Waals surface area contributed by atoms with Gasteiger partial charge in [0, 0.05) is 25.9 Å². The number of carbonyl (C=O) groups is 1. The third-order valence-electron chi connectivity index (χ3n) is 5.04. The first-order chi connectivity index (χ1) is 14.1. The molecule has 29 heavy (non-hydrogen) atoms. The van der Waals surface area contributed by atoms with Gasteiger partial charge in [0.15, 0.2) is 0 Å². The number of rotatable bonds is 15. The highest BCUT2D eigenvalue weighted by Crippen LogP contribution is 2.44. The molecule has 3 atom stereocenters. The summed E-state index contributed by atoms with van der Waals surface area (Å²) >= 11 is 0. The Bertz CT molecular complexity index is 583. The van der Waals surface area contributed by atoms with Crippen LogP contribution in [0.3, 0.4) is 0 Å². The molecule has 0 aliphatic carbocycles. The van der Waals surface area contributed by atoms with E-state index in [1.54, 1.807) is 0 Å². The van der Waals surface area contributed by atoms with Crippen LogP contribution >= 0.6 is 0 Å².